The number of hydrogen-bond donors (Lipinski definition) is 3. The van der Waals surface area contributed by atoms with Gasteiger partial charge >= 0.3 is 0 Å². The molecule has 0 radical (unpaired) electrons. The second-order valence-electron chi connectivity index (χ2n) is 8.70. The highest BCUT2D eigenvalue weighted by Gasteiger charge is 2.24. The van der Waals surface area contributed by atoms with Gasteiger partial charge in [0.15, 0.2) is 0 Å². The average Bonchev–Trinajstić information content (AvgIpc) is 3.22. The third-order valence-electron chi connectivity index (χ3n) is 5.68. The summed E-state index contributed by atoms with van der Waals surface area (Å²) >= 11 is 0.967. The Kier molecular flexibility index (Phi) is 6.88. The van der Waals surface area contributed by atoms with Gasteiger partial charge in [0.05, 0.1) is 29.9 Å². The molecule has 0 saturated carbocycles. The maximum atomic E-state index is 14.8. The van der Waals surface area contributed by atoms with E-state index in [2.05, 4.69) is 5.32 Å². The summed E-state index contributed by atoms with van der Waals surface area (Å²) in [5, 5.41) is 13.4. The Bertz CT molecular complexity index is 1240. The van der Waals surface area contributed by atoms with E-state index in [9.17, 15) is 23.5 Å². The number of nitrogens with zero attached hydrogens (tertiary/aromatic N) is 1. The Hall–Kier alpha value is -3.34. The first-order valence-corrected chi connectivity index (χ1v) is 11.8. The van der Waals surface area contributed by atoms with Crippen molar-refractivity contribution < 1.29 is 28.2 Å². The zero-order valence-electron chi connectivity index (χ0n) is 19.2. The quantitative estimate of drug-likeness (QED) is 0.469. The van der Waals surface area contributed by atoms with Crippen LogP contribution in [0.1, 0.15) is 40.1 Å². The highest BCUT2D eigenvalue weighted by molar-refractivity contribution is 7.20. The van der Waals surface area contributed by atoms with Gasteiger partial charge in [0.1, 0.15) is 16.6 Å². The fourth-order valence-electron chi connectivity index (χ4n) is 3.73. The van der Waals surface area contributed by atoms with Crippen LogP contribution in [0.25, 0.3) is 10.4 Å². The summed E-state index contributed by atoms with van der Waals surface area (Å²) in [7, 11) is 0. The van der Waals surface area contributed by atoms with Crippen molar-refractivity contribution in [2.75, 3.05) is 31.6 Å². The van der Waals surface area contributed by atoms with E-state index in [1.807, 2.05) is 0 Å². The van der Waals surface area contributed by atoms with Crippen molar-refractivity contribution in [1.82, 2.24) is 4.90 Å². The standard InChI is InChI=1S/C25H25F2N3O4S/c1-25(2,33)15-11-18(26)21(19(27)12-15)20-13-17(22(28)31)23(35-20)29-16-5-3-14(4-6-16)24(32)30-7-9-34-10-8-30/h3-6,11-13,29,33H,7-10H2,1-2H3,(H2,28,31). The molecule has 4 rings (SSSR count). The number of primary amides is 1. The third kappa shape index (κ3) is 5.34. The van der Waals surface area contributed by atoms with E-state index in [0.717, 1.165) is 23.5 Å². The van der Waals surface area contributed by atoms with E-state index in [1.54, 1.807) is 29.2 Å². The molecular formula is C25H25F2N3O4S. The van der Waals surface area contributed by atoms with Gasteiger partial charge in [-0.25, -0.2) is 8.78 Å². The first-order valence-electron chi connectivity index (χ1n) is 10.9. The van der Waals surface area contributed by atoms with Gasteiger partial charge in [-0.3, -0.25) is 9.59 Å². The molecule has 2 amide bonds. The largest absolute Gasteiger partial charge is 0.386 e. The Morgan fingerprint density at radius 2 is 1.69 bits per heavy atom. The number of morpholine rings is 1. The topological polar surface area (TPSA) is 105 Å². The number of nitrogens with two attached hydrogens (primary N) is 1. The molecule has 0 bridgehead atoms. The van der Waals surface area contributed by atoms with Gasteiger partial charge in [-0.15, -0.1) is 11.3 Å². The molecule has 1 aliphatic rings. The molecule has 4 N–H and O–H groups in total. The second kappa shape index (κ2) is 9.73. The zero-order chi connectivity index (χ0) is 25.3. The SMILES string of the molecule is CC(C)(O)c1cc(F)c(-c2cc(C(N)=O)c(Nc3ccc(C(=O)N4CCOCC4)cc3)s2)c(F)c1. The van der Waals surface area contributed by atoms with Crippen LogP contribution in [0.15, 0.2) is 42.5 Å². The summed E-state index contributed by atoms with van der Waals surface area (Å²) in [4.78, 5) is 26.5. The molecule has 0 aliphatic carbocycles. The summed E-state index contributed by atoms with van der Waals surface area (Å²) < 4.78 is 35.0. The lowest BCUT2D eigenvalue weighted by molar-refractivity contribution is 0.0303. The highest BCUT2D eigenvalue weighted by atomic mass is 32.1. The molecule has 1 aromatic heterocycles. The molecule has 10 heteroatoms. The van der Waals surface area contributed by atoms with E-state index in [4.69, 9.17) is 10.5 Å². The van der Waals surface area contributed by atoms with Crippen LogP contribution < -0.4 is 11.1 Å². The van der Waals surface area contributed by atoms with Crippen molar-refractivity contribution in [2.45, 2.75) is 19.4 Å². The number of carbonyl (C=O) groups is 2. The number of ether oxygens (including phenoxy) is 1. The van der Waals surface area contributed by atoms with E-state index < -0.39 is 23.1 Å². The number of carbonyl (C=O) groups excluding carboxylic acids is 2. The number of nitrogens with one attached hydrogen (secondary N) is 1. The molecule has 1 aliphatic heterocycles. The fourth-order valence-corrected chi connectivity index (χ4v) is 4.86. The molecule has 0 unspecified atom stereocenters. The molecule has 0 spiro atoms. The maximum absolute atomic E-state index is 14.8. The highest BCUT2D eigenvalue weighted by Crippen LogP contribution is 2.40. The summed E-state index contributed by atoms with van der Waals surface area (Å²) in [5.74, 6) is -2.59. The minimum Gasteiger partial charge on any atom is -0.386 e. The predicted octanol–water partition coefficient (Wildman–Crippen LogP) is 4.24. The lowest BCUT2D eigenvalue weighted by Crippen LogP contribution is -2.40. The molecule has 35 heavy (non-hydrogen) atoms. The summed E-state index contributed by atoms with van der Waals surface area (Å²) in [6.07, 6.45) is 0. The minimum absolute atomic E-state index is 0.0730. The number of rotatable bonds is 6. The molecule has 184 valence electrons. The Morgan fingerprint density at radius 3 is 2.23 bits per heavy atom. The van der Waals surface area contributed by atoms with Gasteiger partial charge in [0.2, 0.25) is 0 Å². The molecule has 0 atom stereocenters. The third-order valence-corrected chi connectivity index (χ3v) is 6.75. The molecule has 7 nitrogen and oxygen atoms in total. The number of thiophene rings is 1. The lowest BCUT2D eigenvalue weighted by Gasteiger charge is -2.26. The molecule has 1 fully saturated rings. The van der Waals surface area contributed by atoms with Crippen LogP contribution in [-0.4, -0.2) is 48.1 Å². The molecule has 1 saturated heterocycles. The van der Waals surface area contributed by atoms with Crippen molar-refractivity contribution >= 4 is 33.8 Å². The molecular weight excluding hydrogens is 476 g/mol. The van der Waals surface area contributed by atoms with Gasteiger partial charge < -0.3 is 25.8 Å². The monoisotopic (exact) mass is 501 g/mol. The first-order chi connectivity index (χ1) is 16.5. The van der Waals surface area contributed by atoms with Crippen molar-refractivity contribution in [1.29, 1.82) is 0 Å². The van der Waals surface area contributed by atoms with Gasteiger partial charge in [-0.1, -0.05) is 0 Å². The van der Waals surface area contributed by atoms with Crippen LogP contribution in [0.5, 0.6) is 0 Å². The average molecular weight is 502 g/mol. The molecule has 3 aromatic rings. The van der Waals surface area contributed by atoms with Crippen LogP contribution in [0.3, 0.4) is 0 Å². The van der Waals surface area contributed by atoms with Gasteiger partial charge in [0, 0.05) is 29.2 Å². The number of aliphatic hydroxyl groups is 1. The molecule has 2 heterocycles. The summed E-state index contributed by atoms with van der Waals surface area (Å²) in [6.45, 7) is 4.93. The Balaban J connectivity index is 1.61. The Morgan fingerprint density at radius 1 is 1.09 bits per heavy atom. The van der Waals surface area contributed by atoms with E-state index >= 15 is 0 Å². The van der Waals surface area contributed by atoms with Crippen LogP contribution in [-0.2, 0) is 10.3 Å². The van der Waals surface area contributed by atoms with Crippen molar-refractivity contribution in [2.24, 2.45) is 5.73 Å². The number of hydrogen-bond acceptors (Lipinski definition) is 6. The smallest absolute Gasteiger partial charge is 0.254 e. The minimum atomic E-state index is -1.42. The fraction of sp³-hybridized carbons (Fsp3) is 0.280. The van der Waals surface area contributed by atoms with Crippen molar-refractivity contribution in [3.8, 4) is 10.4 Å². The van der Waals surface area contributed by atoms with E-state index in [0.29, 0.717) is 42.6 Å². The van der Waals surface area contributed by atoms with Crippen molar-refractivity contribution in [3.63, 3.8) is 0 Å². The van der Waals surface area contributed by atoms with E-state index in [1.165, 1.54) is 19.9 Å². The van der Waals surface area contributed by atoms with Crippen LogP contribution >= 0.6 is 11.3 Å². The number of benzene rings is 2. The molecule has 2 aromatic carbocycles. The maximum Gasteiger partial charge on any atom is 0.254 e. The van der Waals surface area contributed by atoms with Crippen LogP contribution in [0, 0.1) is 11.6 Å². The van der Waals surface area contributed by atoms with Crippen molar-refractivity contribution in [3.05, 3.63) is 70.8 Å². The van der Waals surface area contributed by atoms with Gasteiger partial charge in [0.25, 0.3) is 11.8 Å². The van der Waals surface area contributed by atoms with Crippen LogP contribution in [0.2, 0.25) is 0 Å². The normalized spacial score (nSPS) is 14.1. The van der Waals surface area contributed by atoms with Crippen LogP contribution in [0.4, 0.5) is 19.5 Å². The number of anilines is 2. The van der Waals surface area contributed by atoms with Gasteiger partial charge in [-0.05, 0) is 61.9 Å². The lowest BCUT2D eigenvalue weighted by atomic mass is 9.96. The summed E-state index contributed by atoms with van der Waals surface area (Å²) in [5.41, 5.74) is 5.02. The number of halogens is 2. The first kappa shape index (κ1) is 24.8. The summed E-state index contributed by atoms with van der Waals surface area (Å²) in [6, 6.07) is 10.1. The van der Waals surface area contributed by atoms with E-state index in [-0.39, 0.29) is 27.5 Å². The number of amides is 2. The van der Waals surface area contributed by atoms with Gasteiger partial charge in [-0.2, -0.15) is 0 Å². The predicted molar refractivity (Wildman–Crippen MR) is 130 cm³/mol. The second-order valence-corrected chi connectivity index (χ2v) is 9.75. The Labute approximate surface area is 205 Å². The zero-order valence-corrected chi connectivity index (χ0v) is 20.0.